The summed E-state index contributed by atoms with van der Waals surface area (Å²) in [4.78, 5) is 17.5. The lowest BCUT2D eigenvalue weighted by Gasteiger charge is -2.03. The number of hydrogen-bond acceptors (Lipinski definition) is 7. The van der Waals surface area contributed by atoms with Crippen molar-refractivity contribution in [3.8, 4) is 5.13 Å². The van der Waals surface area contributed by atoms with Gasteiger partial charge < -0.3 is 5.32 Å². The number of carbonyl (C=O) groups excluding carboxylic acids is 1. The molecule has 25 heavy (non-hydrogen) atoms. The van der Waals surface area contributed by atoms with E-state index in [0.717, 1.165) is 52.3 Å². The Morgan fingerprint density at radius 3 is 2.88 bits per heavy atom. The fourth-order valence-corrected chi connectivity index (χ4v) is 3.99. The van der Waals surface area contributed by atoms with Crippen LogP contribution >= 0.6 is 22.9 Å². The van der Waals surface area contributed by atoms with Crippen molar-refractivity contribution in [3.63, 3.8) is 0 Å². The molecule has 1 amide bonds. The lowest BCUT2D eigenvalue weighted by Crippen LogP contribution is -2.26. The minimum Gasteiger partial charge on any atom is -0.351 e. The van der Waals surface area contributed by atoms with Crippen LogP contribution in [0.25, 0.3) is 5.13 Å². The molecule has 0 bridgehead atoms. The Hall–Kier alpha value is -2.13. The standard InChI is InChI=1S/C16H20N6OS2/c1-4-5-13-14(25-21-19-13)15(23)17-7-6-12-9-24-16(18-12)22-11(3)8-10(2)20-22/h8-9H,4-7H2,1-3H3,(H,17,23). The zero-order chi connectivity index (χ0) is 17.8. The zero-order valence-electron chi connectivity index (χ0n) is 14.4. The maximum absolute atomic E-state index is 12.3. The van der Waals surface area contributed by atoms with Gasteiger partial charge in [-0.2, -0.15) is 5.10 Å². The molecule has 3 heterocycles. The van der Waals surface area contributed by atoms with Gasteiger partial charge in [-0.25, -0.2) is 9.67 Å². The third-order valence-electron chi connectivity index (χ3n) is 3.65. The second-order valence-electron chi connectivity index (χ2n) is 5.76. The number of thiazole rings is 1. The summed E-state index contributed by atoms with van der Waals surface area (Å²) in [7, 11) is 0. The molecular weight excluding hydrogens is 356 g/mol. The Balaban J connectivity index is 1.57. The predicted octanol–water partition coefficient (Wildman–Crippen LogP) is 2.72. The van der Waals surface area contributed by atoms with E-state index in [-0.39, 0.29) is 5.91 Å². The Bertz CT molecular complexity index is 866. The van der Waals surface area contributed by atoms with E-state index in [9.17, 15) is 4.79 Å². The van der Waals surface area contributed by atoms with Crippen molar-refractivity contribution in [1.29, 1.82) is 0 Å². The van der Waals surface area contributed by atoms with Crippen molar-refractivity contribution >= 4 is 28.8 Å². The lowest BCUT2D eigenvalue weighted by molar-refractivity contribution is 0.0957. The van der Waals surface area contributed by atoms with Crippen LogP contribution < -0.4 is 5.32 Å². The molecule has 1 N–H and O–H groups in total. The van der Waals surface area contributed by atoms with Gasteiger partial charge in [0.05, 0.1) is 17.1 Å². The minimum absolute atomic E-state index is 0.104. The van der Waals surface area contributed by atoms with Crippen LogP contribution in [0.3, 0.4) is 0 Å². The molecule has 0 aliphatic heterocycles. The third kappa shape index (κ3) is 4.10. The van der Waals surface area contributed by atoms with Crippen LogP contribution in [0.4, 0.5) is 0 Å². The summed E-state index contributed by atoms with van der Waals surface area (Å²) in [5, 5.41) is 14.3. The topological polar surface area (TPSA) is 85.6 Å². The van der Waals surface area contributed by atoms with E-state index in [2.05, 4.69) is 31.9 Å². The van der Waals surface area contributed by atoms with Crippen molar-refractivity contribution in [2.75, 3.05) is 6.54 Å². The Labute approximate surface area is 154 Å². The zero-order valence-corrected chi connectivity index (χ0v) is 16.1. The van der Waals surface area contributed by atoms with Crippen LogP contribution in [0.15, 0.2) is 11.4 Å². The number of aryl methyl sites for hydroxylation is 3. The molecule has 7 nitrogen and oxygen atoms in total. The van der Waals surface area contributed by atoms with Gasteiger partial charge in [0.1, 0.15) is 4.88 Å². The second-order valence-corrected chi connectivity index (χ2v) is 7.36. The molecule has 3 aromatic heterocycles. The summed E-state index contributed by atoms with van der Waals surface area (Å²) in [6.45, 7) is 6.57. The van der Waals surface area contributed by atoms with E-state index in [4.69, 9.17) is 0 Å². The van der Waals surface area contributed by atoms with Crippen LogP contribution in [0.1, 0.15) is 45.8 Å². The van der Waals surface area contributed by atoms with Crippen molar-refractivity contribution in [2.24, 2.45) is 0 Å². The van der Waals surface area contributed by atoms with Gasteiger partial charge in [0.25, 0.3) is 5.91 Å². The summed E-state index contributed by atoms with van der Waals surface area (Å²) in [5.41, 5.74) is 3.77. The molecule has 3 rings (SSSR count). The van der Waals surface area contributed by atoms with Crippen LogP contribution in [-0.4, -0.2) is 36.8 Å². The van der Waals surface area contributed by atoms with Crippen LogP contribution in [0, 0.1) is 13.8 Å². The first-order valence-corrected chi connectivity index (χ1v) is 9.81. The quantitative estimate of drug-likeness (QED) is 0.685. The van der Waals surface area contributed by atoms with E-state index >= 15 is 0 Å². The molecule has 3 aromatic rings. The van der Waals surface area contributed by atoms with Crippen LogP contribution in [0.2, 0.25) is 0 Å². The first-order chi connectivity index (χ1) is 12.1. The van der Waals surface area contributed by atoms with Gasteiger partial charge in [0.15, 0.2) is 0 Å². The number of rotatable bonds is 7. The molecular formula is C16H20N6OS2. The molecule has 0 aliphatic carbocycles. The molecule has 0 unspecified atom stereocenters. The van der Waals surface area contributed by atoms with Crippen molar-refractivity contribution < 1.29 is 4.79 Å². The molecule has 0 aliphatic rings. The third-order valence-corrected chi connectivity index (χ3v) is 5.28. The Morgan fingerprint density at radius 1 is 1.32 bits per heavy atom. The van der Waals surface area contributed by atoms with E-state index in [1.807, 2.05) is 30.0 Å². The van der Waals surface area contributed by atoms with Crippen LogP contribution in [-0.2, 0) is 12.8 Å². The van der Waals surface area contributed by atoms with Gasteiger partial charge in [-0.3, -0.25) is 4.79 Å². The summed E-state index contributed by atoms with van der Waals surface area (Å²) in [6.07, 6.45) is 2.40. The molecule has 0 spiro atoms. The summed E-state index contributed by atoms with van der Waals surface area (Å²) >= 11 is 2.71. The van der Waals surface area contributed by atoms with Gasteiger partial charge in [-0.1, -0.05) is 17.8 Å². The summed E-state index contributed by atoms with van der Waals surface area (Å²) < 4.78 is 5.73. The van der Waals surface area contributed by atoms with Gasteiger partial charge >= 0.3 is 0 Å². The maximum atomic E-state index is 12.3. The highest BCUT2D eigenvalue weighted by atomic mass is 32.1. The monoisotopic (exact) mass is 376 g/mol. The Kier molecular flexibility index (Phi) is 5.54. The fraction of sp³-hybridized carbons (Fsp3) is 0.438. The highest BCUT2D eigenvalue weighted by Crippen LogP contribution is 2.17. The first-order valence-electron chi connectivity index (χ1n) is 8.16. The van der Waals surface area contributed by atoms with Gasteiger partial charge in [0, 0.05) is 24.0 Å². The number of hydrogen-bond donors (Lipinski definition) is 1. The van der Waals surface area contributed by atoms with Gasteiger partial charge in [0.2, 0.25) is 5.13 Å². The number of carbonyl (C=O) groups is 1. The maximum Gasteiger partial charge on any atom is 0.264 e. The molecule has 132 valence electrons. The first kappa shape index (κ1) is 17.7. The number of amides is 1. The van der Waals surface area contributed by atoms with Crippen molar-refractivity contribution in [2.45, 2.75) is 40.0 Å². The summed E-state index contributed by atoms with van der Waals surface area (Å²) in [5.74, 6) is -0.104. The van der Waals surface area contributed by atoms with E-state index in [0.29, 0.717) is 17.8 Å². The molecule has 0 atom stereocenters. The van der Waals surface area contributed by atoms with Gasteiger partial charge in [-0.05, 0) is 37.9 Å². The van der Waals surface area contributed by atoms with Gasteiger partial charge in [-0.15, -0.1) is 16.4 Å². The highest BCUT2D eigenvalue weighted by Gasteiger charge is 2.15. The molecule has 0 saturated heterocycles. The smallest absolute Gasteiger partial charge is 0.264 e. The van der Waals surface area contributed by atoms with Crippen LogP contribution in [0.5, 0.6) is 0 Å². The molecule has 0 aromatic carbocycles. The second kappa shape index (κ2) is 7.83. The largest absolute Gasteiger partial charge is 0.351 e. The van der Waals surface area contributed by atoms with E-state index in [1.165, 1.54) is 0 Å². The normalized spacial score (nSPS) is 11.0. The fourth-order valence-electron chi connectivity index (χ4n) is 2.50. The molecule has 0 radical (unpaired) electrons. The number of nitrogens with zero attached hydrogens (tertiary/aromatic N) is 5. The summed E-state index contributed by atoms with van der Waals surface area (Å²) in [6, 6.07) is 2.03. The van der Waals surface area contributed by atoms with E-state index in [1.54, 1.807) is 11.3 Å². The molecule has 0 saturated carbocycles. The molecule has 9 heteroatoms. The molecule has 0 fully saturated rings. The number of nitrogens with one attached hydrogen (secondary N) is 1. The SMILES string of the molecule is CCCc1nnsc1C(=O)NCCc1csc(-n2nc(C)cc2C)n1. The highest BCUT2D eigenvalue weighted by molar-refractivity contribution is 7.12. The van der Waals surface area contributed by atoms with E-state index < -0.39 is 0 Å². The average molecular weight is 377 g/mol. The Morgan fingerprint density at radius 2 is 2.16 bits per heavy atom. The predicted molar refractivity (Wildman–Crippen MR) is 98.7 cm³/mol. The minimum atomic E-state index is -0.104. The van der Waals surface area contributed by atoms with Crippen molar-refractivity contribution in [1.82, 2.24) is 29.7 Å². The van der Waals surface area contributed by atoms with Crippen molar-refractivity contribution in [3.05, 3.63) is 39.1 Å². The average Bonchev–Trinajstić information content (AvgIpc) is 3.28. The lowest BCUT2D eigenvalue weighted by atomic mass is 10.2. The number of aromatic nitrogens is 5.